The van der Waals surface area contributed by atoms with Gasteiger partial charge in [0, 0.05) is 18.9 Å². The van der Waals surface area contributed by atoms with Crippen LogP contribution in [0.4, 0.5) is 0 Å². The Morgan fingerprint density at radius 3 is 2.79 bits per heavy atom. The number of thioether (sulfide) groups is 1. The second-order valence-electron chi connectivity index (χ2n) is 7.07. The molecule has 3 N–H and O–H groups in total. The first-order valence-corrected chi connectivity index (χ1v) is 10.6. The fraction of sp³-hybridized carbons (Fsp3) is 0.474. The monoisotopic (exact) mass is 417 g/mol. The van der Waals surface area contributed by atoms with Crippen LogP contribution in [0, 0.1) is 0 Å². The summed E-state index contributed by atoms with van der Waals surface area (Å²) in [5, 5.41) is 12.0. The molecule has 0 saturated heterocycles. The van der Waals surface area contributed by atoms with Crippen molar-refractivity contribution < 1.29 is 19.1 Å². The zero-order valence-corrected chi connectivity index (χ0v) is 16.7. The number of hydrogen-bond acceptors (Lipinski definition) is 7. The number of nitrogens with two attached hydrogens (primary N) is 1. The fourth-order valence-electron chi connectivity index (χ4n) is 3.05. The molecular formula is C19H23N5O4S. The van der Waals surface area contributed by atoms with E-state index in [4.69, 9.17) is 15.2 Å². The molecule has 1 unspecified atom stereocenters. The van der Waals surface area contributed by atoms with Crippen molar-refractivity contribution in [2.24, 2.45) is 5.73 Å². The lowest BCUT2D eigenvalue weighted by Crippen LogP contribution is -2.41. The molecule has 1 fully saturated rings. The maximum atomic E-state index is 12.3. The number of primary amides is 1. The molecule has 2 aliphatic rings. The molecule has 1 aliphatic heterocycles. The van der Waals surface area contributed by atoms with Gasteiger partial charge in [0.15, 0.2) is 16.7 Å². The quantitative estimate of drug-likeness (QED) is 0.586. The average Bonchev–Trinajstić information content (AvgIpc) is 3.49. The molecule has 2 amide bonds. The van der Waals surface area contributed by atoms with Crippen LogP contribution >= 0.6 is 11.8 Å². The SMILES string of the molecule is NC(=O)CCn1c(SCC(=O)NCC2COc3ccccc3O2)nnc1C1CC1. The van der Waals surface area contributed by atoms with Gasteiger partial charge in [-0.15, -0.1) is 10.2 Å². The number of carbonyl (C=O) groups is 2. The maximum absolute atomic E-state index is 12.3. The first-order chi connectivity index (χ1) is 14.1. The Kier molecular flexibility index (Phi) is 5.89. The number of ether oxygens (including phenoxy) is 2. The number of benzene rings is 1. The van der Waals surface area contributed by atoms with Crippen molar-refractivity contribution in [3.63, 3.8) is 0 Å². The minimum Gasteiger partial charge on any atom is -0.486 e. The molecule has 0 bridgehead atoms. The van der Waals surface area contributed by atoms with Crippen LogP contribution in [-0.4, -0.2) is 51.6 Å². The standard InChI is InChI=1S/C19H23N5O4S/c20-16(25)7-8-24-18(12-5-6-12)22-23-19(24)29-11-17(26)21-9-13-10-27-14-3-1-2-4-15(14)28-13/h1-4,12-13H,5-11H2,(H2,20,25)(H,21,26). The van der Waals surface area contributed by atoms with Gasteiger partial charge in [0.1, 0.15) is 18.5 Å². The minimum absolute atomic E-state index is 0.130. The minimum atomic E-state index is -0.370. The number of nitrogens with one attached hydrogen (secondary N) is 1. The van der Waals surface area contributed by atoms with Crippen LogP contribution in [-0.2, 0) is 16.1 Å². The number of fused-ring (bicyclic) bond motifs is 1. The third kappa shape index (κ3) is 5.00. The largest absolute Gasteiger partial charge is 0.486 e. The van der Waals surface area contributed by atoms with E-state index in [0.717, 1.165) is 18.7 Å². The van der Waals surface area contributed by atoms with Crippen molar-refractivity contribution in [2.75, 3.05) is 18.9 Å². The van der Waals surface area contributed by atoms with Crippen molar-refractivity contribution in [2.45, 2.75) is 43.0 Å². The van der Waals surface area contributed by atoms with E-state index in [9.17, 15) is 9.59 Å². The highest BCUT2D eigenvalue weighted by molar-refractivity contribution is 7.99. The highest BCUT2D eigenvalue weighted by Gasteiger charge is 2.30. The van der Waals surface area contributed by atoms with Crippen LogP contribution in [0.5, 0.6) is 11.5 Å². The summed E-state index contributed by atoms with van der Waals surface area (Å²) in [6.45, 7) is 1.18. The van der Waals surface area contributed by atoms with Gasteiger partial charge in [-0.05, 0) is 25.0 Å². The first kappa shape index (κ1) is 19.6. The van der Waals surface area contributed by atoms with Gasteiger partial charge < -0.3 is 25.1 Å². The van der Waals surface area contributed by atoms with E-state index < -0.39 is 0 Å². The zero-order valence-electron chi connectivity index (χ0n) is 15.9. The van der Waals surface area contributed by atoms with Crippen LogP contribution in [0.2, 0.25) is 0 Å². The Bertz CT molecular complexity index is 898. The number of amides is 2. The molecule has 10 heteroatoms. The summed E-state index contributed by atoms with van der Waals surface area (Å²) in [4.78, 5) is 23.4. The molecule has 29 heavy (non-hydrogen) atoms. The van der Waals surface area contributed by atoms with E-state index in [1.165, 1.54) is 11.8 Å². The fourth-order valence-corrected chi connectivity index (χ4v) is 3.86. The molecule has 0 radical (unpaired) electrons. The lowest BCUT2D eigenvalue weighted by atomic mass is 10.2. The lowest BCUT2D eigenvalue weighted by molar-refractivity contribution is -0.119. The highest BCUT2D eigenvalue weighted by Crippen LogP contribution is 2.40. The molecule has 1 aromatic carbocycles. The van der Waals surface area contributed by atoms with E-state index in [1.54, 1.807) is 0 Å². The Morgan fingerprint density at radius 1 is 1.24 bits per heavy atom. The van der Waals surface area contributed by atoms with Crippen LogP contribution in [0.25, 0.3) is 0 Å². The highest BCUT2D eigenvalue weighted by atomic mass is 32.2. The van der Waals surface area contributed by atoms with Crippen molar-refractivity contribution in [1.29, 1.82) is 0 Å². The predicted molar refractivity (Wildman–Crippen MR) is 106 cm³/mol. The third-order valence-electron chi connectivity index (χ3n) is 4.70. The lowest BCUT2D eigenvalue weighted by Gasteiger charge is -2.26. The van der Waals surface area contributed by atoms with Gasteiger partial charge in [0.05, 0.1) is 12.3 Å². The molecule has 9 nitrogen and oxygen atoms in total. The number of rotatable bonds is 9. The third-order valence-corrected chi connectivity index (χ3v) is 5.66. The Morgan fingerprint density at radius 2 is 2.03 bits per heavy atom. The summed E-state index contributed by atoms with van der Waals surface area (Å²) < 4.78 is 13.4. The van der Waals surface area contributed by atoms with Gasteiger partial charge in [0.25, 0.3) is 0 Å². The Labute approximate surface area is 172 Å². The first-order valence-electron chi connectivity index (χ1n) is 9.59. The van der Waals surface area contributed by atoms with Gasteiger partial charge in [-0.2, -0.15) is 0 Å². The van der Waals surface area contributed by atoms with Crippen LogP contribution in [0.3, 0.4) is 0 Å². The summed E-state index contributed by atoms with van der Waals surface area (Å²) in [5.41, 5.74) is 5.28. The van der Waals surface area contributed by atoms with Gasteiger partial charge in [0.2, 0.25) is 11.8 Å². The number of para-hydroxylation sites is 2. The van der Waals surface area contributed by atoms with Crippen molar-refractivity contribution in [1.82, 2.24) is 20.1 Å². The average molecular weight is 417 g/mol. The van der Waals surface area contributed by atoms with Crippen LogP contribution in [0.15, 0.2) is 29.4 Å². The van der Waals surface area contributed by atoms with E-state index in [-0.39, 0.29) is 30.1 Å². The summed E-state index contributed by atoms with van der Waals surface area (Å²) in [6.07, 6.45) is 2.14. The molecule has 1 aromatic heterocycles. The van der Waals surface area contributed by atoms with Gasteiger partial charge in [-0.25, -0.2) is 0 Å². The normalized spacial score (nSPS) is 17.7. The molecule has 1 saturated carbocycles. The Hall–Kier alpha value is -2.75. The van der Waals surface area contributed by atoms with E-state index in [0.29, 0.717) is 42.3 Å². The second-order valence-corrected chi connectivity index (χ2v) is 8.02. The summed E-state index contributed by atoms with van der Waals surface area (Å²) in [7, 11) is 0. The van der Waals surface area contributed by atoms with Crippen LogP contribution in [0.1, 0.15) is 31.0 Å². The Balaban J connectivity index is 1.27. The van der Waals surface area contributed by atoms with E-state index in [1.807, 2.05) is 28.8 Å². The number of aromatic nitrogens is 3. The topological polar surface area (TPSA) is 121 Å². The van der Waals surface area contributed by atoms with Gasteiger partial charge in [-0.3, -0.25) is 9.59 Å². The second kappa shape index (κ2) is 8.73. The molecule has 1 atom stereocenters. The van der Waals surface area contributed by atoms with Gasteiger partial charge >= 0.3 is 0 Å². The molecule has 1 aliphatic carbocycles. The molecule has 0 spiro atoms. The summed E-state index contributed by atoms with van der Waals surface area (Å²) in [6, 6.07) is 7.46. The van der Waals surface area contributed by atoms with Crippen LogP contribution < -0.4 is 20.5 Å². The zero-order chi connectivity index (χ0) is 20.2. The van der Waals surface area contributed by atoms with E-state index in [2.05, 4.69) is 15.5 Å². The van der Waals surface area contributed by atoms with Crippen molar-refractivity contribution >= 4 is 23.6 Å². The summed E-state index contributed by atoms with van der Waals surface area (Å²) >= 11 is 1.30. The predicted octanol–water partition coefficient (Wildman–Crippen LogP) is 1.08. The number of hydrogen-bond donors (Lipinski definition) is 2. The smallest absolute Gasteiger partial charge is 0.230 e. The number of carbonyl (C=O) groups excluding carboxylic acids is 2. The molecule has 4 rings (SSSR count). The van der Waals surface area contributed by atoms with Crippen molar-refractivity contribution in [3.8, 4) is 11.5 Å². The molecule has 154 valence electrons. The number of nitrogens with zero attached hydrogens (tertiary/aromatic N) is 3. The summed E-state index contributed by atoms with van der Waals surface area (Å²) in [5.74, 6) is 2.37. The maximum Gasteiger partial charge on any atom is 0.230 e. The van der Waals surface area contributed by atoms with Gasteiger partial charge in [-0.1, -0.05) is 23.9 Å². The molecular weight excluding hydrogens is 394 g/mol. The van der Waals surface area contributed by atoms with Crippen molar-refractivity contribution in [3.05, 3.63) is 30.1 Å². The molecule has 2 heterocycles. The molecule has 2 aromatic rings. The van der Waals surface area contributed by atoms with E-state index >= 15 is 0 Å².